The molecule has 5 rings (SSSR count). The van der Waals surface area contributed by atoms with Crippen LogP contribution in [0.3, 0.4) is 0 Å². The van der Waals surface area contributed by atoms with E-state index in [-0.39, 0.29) is 30.5 Å². The minimum atomic E-state index is -0.304. The van der Waals surface area contributed by atoms with Crippen LogP contribution in [0.4, 0.5) is 0 Å². The van der Waals surface area contributed by atoms with Crippen molar-refractivity contribution < 1.29 is 24.2 Å². The number of rotatable bonds is 6. The number of fused-ring (bicyclic) bond motifs is 5. The van der Waals surface area contributed by atoms with Gasteiger partial charge in [-0.3, -0.25) is 9.59 Å². The summed E-state index contributed by atoms with van der Waals surface area (Å²) in [5.41, 5.74) is 10.6. The molecule has 9 heteroatoms. The van der Waals surface area contributed by atoms with E-state index in [0.717, 1.165) is 61.2 Å². The topological polar surface area (TPSA) is 126 Å². The molecule has 0 atom stereocenters. The molecule has 2 N–H and O–H groups in total. The summed E-state index contributed by atoms with van der Waals surface area (Å²) in [6.07, 6.45) is 9.12. The van der Waals surface area contributed by atoms with Crippen molar-refractivity contribution in [2.24, 2.45) is 15.0 Å². The predicted octanol–water partition coefficient (Wildman–Crippen LogP) is 4.67. The Labute approximate surface area is 250 Å². The van der Waals surface area contributed by atoms with Crippen molar-refractivity contribution in [1.29, 1.82) is 0 Å². The van der Waals surface area contributed by atoms with Gasteiger partial charge in [-0.15, -0.1) is 0 Å². The number of nitrogens with one attached hydrogen (secondary N) is 1. The number of aliphatic hydroxyl groups excluding tert-OH is 1. The van der Waals surface area contributed by atoms with Gasteiger partial charge in [0.25, 0.3) is 0 Å². The first-order valence-corrected chi connectivity index (χ1v) is 14.2. The Morgan fingerprint density at radius 2 is 1.42 bits per heavy atom. The Balaban J connectivity index is 1.76. The number of H-pyrrole nitrogens is 1. The predicted molar refractivity (Wildman–Crippen MR) is 168 cm³/mol. The number of esters is 2. The molecule has 0 saturated carbocycles. The summed E-state index contributed by atoms with van der Waals surface area (Å²) in [4.78, 5) is 42.6. The van der Waals surface area contributed by atoms with Crippen molar-refractivity contribution in [3.8, 4) is 0 Å². The van der Waals surface area contributed by atoms with E-state index in [1.54, 1.807) is 6.92 Å². The number of hydrogen-bond donors (Lipinski definition) is 2. The Morgan fingerprint density at radius 1 is 0.767 bits per heavy atom. The maximum atomic E-state index is 12.1. The Bertz CT molecular complexity index is 1860. The van der Waals surface area contributed by atoms with E-state index in [2.05, 4.69) is 4.98 Å². The van der Waals surface area contributed by atoms with Crippen LogP contribution >= 0.6 is 0 Å². The largest absolute Gasteiger partial charge is 0.512 e. The highest BCUT2D eigenvalue weighted by molar-refractivity contribution is 6.25. The molecule has 5 heterocycles. The van der Waals surface area contributed by atoms with E-state index < -0.39 is 0 Å². The summed E-state index contributed by atoms with van der Waals surface area (Å²) in [6, 6.07) is 2.05. The molecular formula is C34H36N4O5. The van der Waals surface area contributed by atoms with Gasteiger partial charge in [0.2, 0.25) is 0 Å². The molecule has 0 unspecified atom stereocenters. The highest BCUT2D eigenvalue weighted by atomic mass is 16.5. The SMILES string of the molecule is COC(=O)CCC1=C(C)C2=NC1=CC1=NC(=CC3=C(C)/C(=C(\C)O)C(=N3)C=c3[nH]c(cc3C)=C2)C(C)=C1CCC(=O)OC. The smallest absolute Gasteiger partial charge is 0.305 e. The van der Waals surface area contributed by atoms with Gasteiger partial charge in [0.1, 0.15) is 0 Å². The molecule has 1 aromatic rings. The molecule has 9 nitrogen and oxygen atoms in total. The number of hydrogen-bond acceptors (Lipinski definition) is 8. The number of allylic oxidation sites excluding steroid dienone is 9. The maximum absolute atomic E-state index is 12.1. The number of aromatic amines is 1. The second kappa shape index (κ2) is 11.8. The lowest BCUT2D eigenvalue weighted by atomic mass is 9.96. The Kier molecular flexibility index (Phi) is 8.17. The molecular weight excluding hydrogens is 544 g/mol. The third-order valence-electron chi connectivity index (χ3n) is 8.20. The van der Waals surface area contributed by atoms with Crippen molar-refractivity contribution >= 4 is 41.2 Å². The molecule has 0 radical (unpaired) electrons. The second-order valence-corrected chi connectivity index (χ2v) is 11.0. The van der Waals surface area contributed by atoms with Crippen molar-refractivity contribution in [3.05, 3.63) is 90.8 Å². The quantitative estimate of drug-likeness (QED) is 0.374. The van der Waals surface area contributed by atoms with Gasteiger partial charge < -0.3 is 19.6 Å². The van der Waals surface area contributed by atoms with E-state index >= 15 is 0 Å². The third kappa shape index (κ3) is 5.80. The van der Waals surface area contributed by atoms with E-state index in [1.807, 2.05) is 58.1 Å². The fraction of sp³-hybridized carbons (Fsp3) is 0.324. The summed E-state index contributed by atoms with van der Waals surface area (Å²) in [6.45, 7) is 9.61. The van der Waals surface area contributed by atoms with Gasteiger partial charge in [-0.1, -0.05) is 0 Å². The Morgan fingerprint density at radius 3 is 2.07 bits per heavy atom. The number of aliphatic imine (C=N–C) groups is 3. The third-order valence-corrected chi connectivity index (χ3v) is 8.20. The minimum Gasteiger partial charge on any atom is -0.512 e. The zero-order valence-electron chi connectivity index (χ0n) is 25.6. The monoisotopic (exact) mass is 580 g/mol. The molecule has 222 valence electrons. The molecule has 8 bridgehead atoms. The zero-order chi connectivity index (χ0) is 31.0. The zero-order valence-corrected chi connectivity index (χ0v) is 25.6. The molecule has 0 aromatic carbocycles. The van der Waals surface area contributed by atoms with Gasteiger partial charge in [-0.25, -0.2) is 15.0 Å². The lowest BCUT2D eigenvalue weighted by Gasteiger charge is -2.08. The van der Waals surface area contributed by atoms with Crippen LogP contribution < -0.4 is 10.7 Å². The lowest BCUT2D eigenvalue weighted by molar-refractivity contribution is -0.141. The van der Waals surface area contributed by atoms with Gasteiger partial charge in [0, 0.05) is 29.1 Å². The number of ether oxygens (including phenoxy) is 2. The first-order valence-electron chi connectivity index (χ1n) is 14.2. The maximum Gasteiger partial charge on any atom is 0.305 e. The summed E-state index contributed by atoms with van der Waals surface area (Å²) in [7, 11) is 2.76. The summed E-state index contributed by atoms with van der Waals surface area (Å²) >= 11 is 0. The Hall–Kier alpha value is -4.79. The molecule has 0 fully saturated rings. The molecule has 43 heavy (non-hydrogen) atoms. The van der Waals surface area contributed by atoms with Crippen LogP contribution in [0.15, 0.2) is 89.5 Å². The molecule has 4 aliphatic rings. The number of aryl methyl sites for hydroxylation is 1. The van der Waals surface area contributed by atoms with E-state index in [1.165, 1.54) is 14.2 Å². The second-order valence-electron chi connectivity index (χ2n) is 11.0. The fourth-order valence-electron chi connectivity index (χ4n) is 5.73. The highest BCUT2D eigenvalue weighted by Crippen LogP contribution is 2.36. The molecule has 4 aliphatic heterocycles. The van der Waals surface area contributed by atoms with Crippen LogP contribution in [0.5, 0.6) is 0 Å². The minimum absolute atomic E-state index is 0.188. The molecule has 1 aromatic heterocycles. The van der Waals surface area contributed by atoms with Gasteiger partial charge in [-0.2, -0.15) is 0 Å². The standard InChI is InChI=1S/C34H36N4O5/c1-17-12-22-13-26-18(2)23(8-10-32(40)42-6)29(36-26)16-30-24(9-11-33(41)43-7)19(3)27(37-30)15-28-20(4)34(21(5)39)31(38-28)14-25(17)35-22/h12-16,35,39H,8-11H2,1-7H3/b22-13?,25-14?,27-15?,29-16?,34-21-. The lowest BCUT2D eigenvalue weighted by Crippen LogP contribution is -2.15. The first-order chi connectivity index (χ1) is 20.5. The number of aliphatic hydroxyl groups is 1. The number of nitrogens with zero attached hydrogens (tertiary/aromatic N) is 3. The van der Waals surface area contributed by atoms with Crippen LogP contribution in [-0.2, 0) is 19.1 Å². The van der Waals surface area contributed by atoms with Crippen molar-refractivity contribution in [1.82, 2.24) is 4.98 Å². The van der Waals surface area contributed by atoms with Crippen LogP contribution in [0.25, 0.3) is 12.2 Å². The normalized spacial score (nSPS) is 18.9. The number of carbonyl (C=O) groups is 2. The van der Waals surface area contributed by atoms with Crippen molar-refractivity contribution in [2.75, 3.05) is 14.2 Å². The van der Waals surface area contributed by atoms with E-state index in [9.17, 15) is 14.7 Å². The summed E-state index contributed by atoms with van der Waals surface area (Å²) in [5.74, 6) is -0.408. The van der Waals surface area contributed by atoms with Gasteiger partial charge in [0.05, 0.1) is 54.2 Å². The van der Waals surface area contributed by atoms with Crippen LogP contribution in [0.2, 0.25) is 0 Å². The summed E-state index contributed by atoms with van der Waals surface area (Å²) < 4.78 is 9.83. The fourth-order valence-corrected chi connectivity index (χ4v) is 5.73. The molecule has 0 aliphatic carbocycles. The number of methoxy groups -OCH3 is 2. The average molecular weight is 581 g/mol. The average Bonchev–Trinajstić information content (AvgIpc) is 3.65. The van der Waals surface area contributed by atoms with Crippen LogP contribution in [0.1, 0.15) is 58.9 Å². The van der Waals surface area contributed by atoms with Crippen molar-refractivity contribution in [3.63, 3.8) is 0 Å². The molecule has 0 spiro atoms. The van der Waals surface area contributed by atoms with Crippen LogP contribution in [0, 0.1) is 6.92 Å². The first kappa shape index (κ1) is 29.7. The number of aromatic nitrogens is 1. The van der Waals surface area contributed by atoms with Crippen molar-refractivity contribution in [2.45, 2.75) is 60.3 Å². The molecule has 0 amide bonds. The van der Waals surface area contributed by atoms with E-state index in [4.69, 9.17) is 24.5 Å². The van der Waals surface area contributed by atoms with Gasteiger partial charge in [0.15, 0.2) is 0 Å². The summed E-state index contributed by atoms with van der Waals surface area (Å²) in [5, 5.41) is 12.4. The van der Waals surface area contributed by atoms with Gasteiger partial charge in [-0.05, 0) is 111 Å². The van der Waals surface area contributed by atoms with E-state index in [0.29, 0.717) is 35.5 Å². The van der Waals surface area contributed by atoms with Crippen LogP contribution in [-0.4, -0.2) is 53.4 Å². The number of carbonyl (C=O) groups excluding carboxylic acids is 2. The highest BCUT2D eigenvalue weighted by Gasteiger charge is 2.27. The van der Waals surface area contributed by atoms with Gasteiger partial charge >= 0.3 is 11.9 Å². The molecule has 0 saturated heterocycles.